The zero-order chi connectivity index (χ0) is 8.81. The normalized spacial score (nSPS) is 19.8. The van der Waals surface area contributed by atoms with Crippen molar-refractivity contribution in [1.82, 2.24) is 9.80 Å². The van der Waals surface area contributed by atoms with Crippen LogP contribution >= 0.6 is 0 Å². The van der Waals surface area contributed by atoms with Gasteiger partial charge in [0.15, 0.2) is 0 Å². The molecule has 0 N–H and O–H groups in total. The van der Waals surface area contributed by atoms with Crippen LogP contribution in [-0.4, -0.2) is 55.9 Å². The van der Waals surface area contributed by atoms with Crippen molar-refractivity contribution >= 4 is 0 Å². The molecule has 1 rings (SSSR count). The van der Waals surface area contributed by atoms with Crippen LogP contribution in [0.5, 0.6) is 0 Å². The predicted octanol–water partition coefficient (Wildman–Crippen LogP) is 1.25. The fourth-order valence-corrected chi connectivity index (χ4v) is 1.46. The number of nitrogens with zero attached hydrogens (tertiary/aromatic N) is 2. The van der Waals surface area contributed by atoms with Gasteiger partial charge in [-0.2, -0.15) is 0 Å². The molecule has 1 saturated heterocycles. The standard InChI is InChI=1S/C9H20N2O.CH4/c1-3-10-5-7-11(8-6-10)9-12-4-2;/h3-9H2,1-2H3;1H4. The number of hydrogen-bond acceptors (Lipinski definition) is 3. The maximum Gasteiger partial charge on any atom is 0.0990 e. The molecule has 0 aliphatic carbocycles. The largest absolute Gasteiger partial charge is 0.366 e. The van der Waals surface area contributed by atoms with Crippen LogP contribution in [0, 0.1) is 0 Å². The van der Waals surface area contributed by atoms with E-state index in [1.54, 1.807) is 0 Å². The molecule has 3 nitrogen and oxygen atoms in total. The molecule has 0 radical (unpaired) electrons. The molecule has 1 heterocycles. The molecule has 0 atom stereocenters. The molecule has 3 heteroatoms. The van der Waals surface area contributed by atoms with Crippen LogP contribution < -0.4 is 0 Å². The average molecular weight is 188 g/mol. The smallest absolute Gasteiger partial charge is 0.0990 e. The van der Waals surface area contributed by atoms with E-state index < -0.39 is 0 Å². The van der Waals surface area contributed by atoms with Gasteiger partial charge in [-0.25, -0.2) is 0 Å². The maximum atomic E-state index is 5.35. The highest BCUT2D eigenvalue weighted by molar-refractivity contribution is 4.68. The third kappa shape index (κ3) is 4.60. The van der Waals surface area contributed by atoms with Gasteiger partial charge in [-0.15, -0.1) is 0 Å². The van der Waals surface area contributed by atoms with Crippen LogP contribution in [0.3, 0.4) is 0 Å². The Hall–Kier alpha value is -0.120. The Morgan fingerprint density at radius 2 is 1.54 bits per heavy atom. The van der Waals surface area contributed by atoms with Gasteiger partial charge < -0.3 is 9.64 Å². The van der Waals surface area contributed by atoms with E-state index in [9.17, 15) is 0 Å². The van der Waals surface area contributed by atoms with Crippen LogP contribution in [0.15, 0.2) is 0 Å². The zero-order valence-corrected chi connectivity index (χ0v) is 8.25. The Morgan fingerprint density at radius 1 is 1.00 bits per heavy atom. The molecule has 0 saturated carbocycles. The first-order chi connectivity index (χ1) is 5.86. The van der Waals surface area contributed by atoms with Gasteiger partial charge in [-0.1, -0.05) is 14.4 Å². The number of piperazine rings is 1. The van der Waals surface area contributed by atoms with Gasteiger partial charge in [-0.3, -0.25) is 4.90 Å². The zero-order valence-electron chi connectivity index (χ0n) is 8.25. The van der Waals surface area contributed by atoms with Crippen molar-refractivity contribution in [3.05, 3.63) is 0 Å². The lowest BCUT2D eigenvalue weighted by atomic mass is 10.3. The highest BCUT2D eigenvalue weighted by Gasteiger charge is 2.14. The number of hydrogen-bond donors (Lipinski definition) is 0. The summed E-state index contributed by atoms with van der Waals surface area (Å²) in [6, 6.07) is 0. The Balaban J connectivity index is 0.00000144. The van der Waals surface area contributed by atoms with Crippen molar-refractivity contribution in [3.8, 4) is 0 Å². The molecule has 0 unspecified atom stereocenters. The fraction of sp³-hybridized carbons (Fsp3) is 1.00. The molecule has 0 amide bonds. The summed E-state index contributed by atoms with van der Waals surface area (Å²) in [6.45, 7) is 11.8. The minimum Gasteiger partial charge on any atom is -0.366 e. The molecular weight excluding hydrogens is 164 g/mol. The molecule has 0 aromatic heterocycles. The van der Waals surface area contributed by atoms with E-state index in [1.165, 1.54) is 19.6 Å². The molecule has 1 fully saturated rings. The molecule has 0 spiro atoms. The summed E-state index contributed by atoms with van der Waals surface area (Å²) in [5.41, 5.74) is 0. The topological polar surface area (TPSA) is 15.7 Å². The second-order valence-electron chi connectivity index (χ2n) is 3.17. The molecule has 1 aliphatic rings. The second-order valence-corrected chi connectivity index (χ2v) is 3.17. The van der Waals surface area contributed by atoms with Crippen molar-refractivity contribution < 1.29 is 4.74 Å². The molecule has 1 aliphatic heterocycles. The van der Waals surface area contributed by atoms with Crippen LogP contribution in [0.4, 0.5) is 0 Å². The number of ether oxygens (including phenoxy) is 1. The van der Waals surface area contributed by atoms with Crippen LogP contribution in [0.2, 0.25) is 0 Å². The van der Waals surface area contributed by atoms with E-state index in [4.69, 9.17) is 4.74 Å². The summed E-state index contributed by atoms with van der Waals surface area (Å²) in [4.78, 5) is 4.85. The van der Waals surface area contributed by atoms with Gasteiger partial charge in [0.05, 0.1) is 6.73 Å². The molecule has 0 aromatic carbocycles. The van der Waals surface area contributed by atoms with Crippen molar-refractivity contribution in [2.24, 2.45) is 0 Å². The van der Waals surface area contributed by atoms with Crippen molar-refractivity contribution in [2.75, 3.05) is 46.1 Å². The second kappa shape index (κ2) is 7.30. The van der Waals surface area contributed by atoms with Gasteiger partial charge >= 0.3 is 0 Å². The lowest BCUT2D eigenvalue weighted by Crippen LogP contribution is -2.46. The van der Waals surface area contributed by atoms with Crippen LogP contribution in [0.25, 0.3) is 0 Å². The Morgan fingerprint density at radius 3 is 2.00 bits per heavy atom. The van der Waals surface area contributed by atoms with Crippen molar-refractivity contribution in [3.63, 3.8) is 0 Å². The summed E-state index contributed by atoms with van der Waals surface area (Å²) < 4.78 is 5.35. The number of rotatable bonds is 4. The quantitative estimate of drug-likeness (QED) is 0.660. The molecule has 13 heavy (non-hydrogen) atoms. The van der Waals surface area contributed by atoms with Crippen LogP contribution in [-0.2, 0) is 4.74 Å². The highest BCUT2D eigenvalue weighted by atomic mass is 16.5. The van der Waals surface area contributed by atoms with E-state index in [0.717, 1.165) is 26.4 Å². The van der Waals surface area contributed by atoms with Crippen LogP contribution in [0.1, 0.15) is 21.3 Å². The third-order valence-electron chi connectivity index (χ3n) is 2.39. The third-order valence-corrected chi connectivity index (χ3v) is 2.39. The van der Waals surface area contributed by atoms with E-state index in [0.29, 0.717) is 0 Å². The minimum absolute atomic E-state index is 0. The summed E-state index contributed by atoms with van der Waals surface area (Å²) in [5, 5.41) is 0. The maximum absolute atomic E-state index is 5.35. The van der Waals surface area contributed by atoms with Crippen molar-refractivity contribution in [1.29, 1.82) is 0 Å². The summed E-state index contributed by atoms with van der Waals surface area (Å²) in [5.74, 6) is 0. The first-order valence-electron chi connectivity index (χ1n) is 4.89. The van der Waals surface area contributed by atoms with Gasteiger partial charge in [0.2, 0.25) is 0 Å². The lowest BCUT2D eigenvalue weighted by molar-refractivity contribution is 0.00831. The van der Waals surface area contributed by atoms with Gasteiger partial charge in [0.25, 0.3) is 0 Å². The number of likely N-dealkylation sites (N-methyl/N-ethyl adjacent to an activating group) is 1. The Bertz CT molecular complexity index is 111. The summed E-state index contributed by atoms with van der Waals surface area (Å²) >= 11 is 0. The van der Waals surface area contributed by atoms with E-state index >= 15 is 0 Å². The summed E-state index contributed by atoms with van der Waals surface area (Å²) in [6.07, 6.45) is 0. The fourth-order valence-electron chi connectivity index (χ4n) is 1.46. The Kier molecular flexibility index (Phi) is 7.23. The summed E-state index contributed by atoms with van der Waals surface area (Å²) in [7, 11) is 0. The predicted molar refractivity (Wildman–Crippen MR) is 56.9 cm³/mol. The average Bonchev–Trinajstić information content (AvgIpc) is 2.15. The van der Waals surface area contributed by atoms with Gasteiger partial charge in [0, 0.05) is 32.8 Å². The van der Waals surface area contributed by atoms with Gasteiger partial charge in [-0.05, 0) is 13.5 Å². The van der Waals surface area contributed by atoms with E-state index in [2.05, 4.69) is 16.7 Å². The lowest BCUT2D eigenvalue weighted by Gasteiger charge is -2.33. The van der Waals surface area contributed by atoms with E-state index in [-0.39, 0.29) is 7.43 Å². The first kappa shape index (κ1) is 12.9. The highest BCUT2D eigenvalue weighted by Crippen LogP contribution is 2.00. The monoisotopic (exact) mass is 188 g/mol. The molecule has 80 valence electrons. The van der Waals surface area contributed by atoms with Gasteiger partial charge in [0.1, 0.15) is 0 Å². The molecule has 0 aromatic rings. The Labute approximate surface area is 82.7 Å². The van der Waals surface area contributed by atoms with E-state index in [1.807, 2.05) is 6.92 Å². The molecule has 0 bridgehead atoms. The SMILES string of the molecule is C.CCOCN1CCN(CC)CC1. The first-order valence-corrected chi connectivity index (χ1v) is 4.89. The minimum atomic E-state index is 0. The molecular formula is C10H24N2O. The van der Waals surface area contributed by atoms with Crippen molar-refractivity contribution in [2.45, 2.75) is 21.3 Å².